The molecule has 0 saturated carbocycles. The van der Waals surface area contributed by atoms with Crippen LogP contribution < -0.4 is 19.5 Å². The summed E-state index contributed by atoms with van der Waals surface area (Å²) in [7, 11) is -1.58. The third kappa shape index (κ3) is 7.14. The van der Waals surface area contributed by atoms with E-state index >= 15 is 0 Å². The fraction of sp³-hybridized carbons (Fsp3) is 0.192. The Labute approximate surface area is 237 Å². The minimum atomic E-state index is -4.94. The van der Waals surface area contributed by atoms with Crippen molar-refractivity contribution in [1.29, 1.82) is 0 Å². The van der Waals surface area contributed by atoms with Crippen LogP contribution in [-0.2, 0) is 34.0 Å². The van der Waals surface area contributed by atoms with Gasteiger partial charge in [0.2, 0.25) is 21.8 Å². The van der Waals surface area contributed by atoms with Crippen LogP contribution in [0.25, 0.3) is 11.4 Å². The Morgan fingerprint density at radius 2 is 1.78 bits per heavy atom. The Balaban J connectivity index is 1.68. The smallest absolute Gasteiger partial charge is 0.471 e. The van der Waals surface area contributed by atoms with E-state index in [0.29, 0.717) is 27.6 Å². The molecule has 0 spiro atoms. The molecule has 2 N–H and O–H groups in total. The fourth-order valence-corrected chi connectivity index (χ4v) is 5.16. The lowest BCUT2D eigenvalue weighted by molar-refractivity contribution is -0.159. The van der Waals surface area contributed by atoms with Gasteiger partial charge in [-0.25, -0.2) is 13.1 Å². The maximum absolute atomic E-state index is 13.5. The molecule has 0 aliphatic heterocycles. The Hall–Kier alpha value is -4.14. The lowest BCUT2D eigenvalue weighted by atomic mass is 10.1. The number of benzene rings is 3. The number of nitrogens with zero attached hydrogens (tertiary/aromatic N) is 2. The van der Waals surface area contributed by atoms with Crippen LogP contribution in [0.3, 0.4) is 0 Å². The minimum Gasteiger partial charge on any atom is -0.497 e. The van der Waals surface area contributed by atoms with E-state index in [9.17, 15) is 26.4 Å². The molecular weight excluding hydrogens is 589 g/mol. The van der Waals surface area contributed by atoms with Gasteiger partial charge in [-0.2, -0.15) is 18.2 Å². The molecule has 41 heavy (non-hydrogen) atoms. The van der Waals surface area contributed by atoms with E-state index in [4.69, 9.17) is 21.1 Å². The van der Waals surface area contributed by atoms with E-state index in [1.54, 1.807) is 42.5 Å². The van der Waals surface area contributed by atoms with Gasteiger partial charge in [0.1, 0.15) is 11.5 Å². The first-order chi connectivity index (χ1) is 19.4. The topological polar surface area (TPSA) is 133 Å². The van der Waals surface area contributed by atoms with E-state index in [-0.39, 0.29) is 24.2 Å². The number of alkyl halides is 3. The molecule has 0 aliphatic carbocycles. The van der Waals surface area contributed by atoms with E-state index in [1.165, 1.54) is 26.4 Å². The highest BCUT2D eigenvalue weighted by molar-refractivity contribution is 7.89. The monoisotopic (exact) mass is 610 g/mol. The number of carbonyl (C=O) groups excluding carboxylic acids is 1. The number of halogens is 4. The van der Waals surface area contributed by atoms with Crippen LogP contribution in [0.15, 0.2) is 70.1 Å². The van der Waals surface area contributed by atoms with Crippen LogP contribution in [0.2, 0.25) is 5.02 Å². The van der Waals surface area contributed by atoms with Crippen molar-refractivity contribution in [2.24, 2.45) is 0 Å². The molecule has 1 amide bonds. The van der Waals surface area contributed by atoms with Gasteiger partial charge in [-0.1, -0.05) is 41.0 Å². The van der Waals surface area contributed by atoms with Crippen LogP contribution in [0.4, 0.5) is 18.9 Å². The highest BCUT2D eigenvalue weighted by Gasteiger charge is 2.39. The zero-order chi connectivity index (χ0) is 29.8. The first kappa shape index (κ1) is 29.8. The predicted molar refractivity (Wildman–Crippen MR) is 142 cm³/mol. The van der Waals surface area contributed by atoms with Crippen molar-refractivity contribution >= 4 is 33.2 Å². The van der Waals surface area contributed by atoms with Gasteiger partial charge in [0.05, 0.1) is 25.5 Å². The molecule has 0 radical (unpaired) electrons. The van der Waals surface area contributed by atoms with Crippen LogP contribution >= 0.6 is 11.6 Å². The molecule has 0 saturated heterocycles. The van der Waals surface area contributed by atoms with Crippen LogP contribution in [0.1, 0.15) is 17.0 Å². The first-order valence-corrected chi connectivity index (χ1v) is 13.6. The molecule has 0 bridgehead atoms. The second-order valence-electron chi connectivity index (χ2n) is 8.45. The van der Waals surface area contributed by atoms with Gasteiger partial charge in [-0.05, 0) is 35.9 Å². The molecule has 4 aromatic rings. The minimum absolute atomic E-state index is 0.0488. The lowest BCUT2D eigenvalue weighted by Crippen LogP contribution is -2.24. The number of rotatable bonds is 10. The van der Waals surface area contributed by atoms with Crippen molar-refractivity contribution in [1.82, 2.24) is 14.9 Å². The summed E-state index contributed by atoms with van der Waals surface area (Å²) in [5.41, 5.74) is 0.745. The van der Waals surface area contributed by atoms with Gasteiger partial charge in [-0.3, -0.25) is 4.79 Å². The number of anilines is 1. The number of hydrogen-bond acceptors (Lipinski definition) is 8. The molecule has 1 aromatic heterocycles. The van der Waals surface area contributed by atoms with Crippen molar-refractivity contribution in [3.05, 3.63) is 82.7 Å². The normalized spacial score (nSPS) is 11.8. The molecule has 10 nitrogen and oxygen atoms in total. The summed E-state index contributed by atoms with van der Waals surface area (Å²) < 4.78 is 83.4. The summed E-state index contributed by atoms with van der Waals surface area (Å²) in [5, 5.41) is 6.26. The van der Waals surface area contributed by atoms with E-state index in [2.05, 4.69) is 24.7 Å². The Bertz CT molecular complexity index is 1680. The second-order valence-corrected chi connectivity index (χ2v) is 10.6. The quantitative estimate of drug-likeness (QED) is 0.254. The molecule has 0 aliphatic rings. The van der Waals surface area contributed by atoms with Gasteiger partial charge in [0.25, 0.3) is 0 Å². The second kappa shape index (κ2) is 12.2. The summed E-state index contributed by atoms with van der Waals surface area (Å²) in [6.45, 7) is -0.252. The zero-order valence-electron chi connectivity index (χ0n) is 21.5. The number of hydrogen-bond donors (Lipinski definition) is 2. The Morgan fingerprint density at radius 3 is 2.44 bits per heavy atom. The van der Waals surface area contributed by atoms with Gasteiger partial charge < -0.3 is 19.3 Å². The maximum atomic E-state index is 13.5. The molecule has 15 heteroatoms. The predicted octanol–water partition coefficient (Wildman–Crippen LogP) is 5.09. The molecule has 1 heterocycles. The fourth-order valence-electron chi connectivity index (χ4n) is 3.72. The Kier molecular flexibility index (Phi) is 8.85. The van der Waals surface area contributed by atoms with Crippen LogP contribution in [-0.4, -0.2) is 38.7 Å². The largest absolute Gasteiger partial charge is 0.497 e. The van der Waals surface area contributed by atoms with Gasteiger partial charge in [-0.15, -0.1) is 0 Å². The van der Waals surface area contributed by atoms with Crippen LogP contribution in [0.5, 0.6) is 11.5 Å². The molecular formula is C26H22ClF3N4O6S. The van der Waals surface area contributed by atoms with Crippen LogP contribution in [0, 0.1) is 0 Å². The van der Waals surface area contributed by atoms with E-state index in [0.717, 1.165) is 6.07 Å². The van der Waals surface area contributed by atoms with Gasteiger partial charge in [0.15, 0.2) is 0 Å². The summed E-state index contributed by atoms with van der Waals surface area (Å²) in [4.78, 5) is 15.5. The van der Waals surface area contributed by atoms with Crippen molar-refractivity contribution in [2.75, 3.05) is 19.5 Å². The highest BCUT2D eigenvalue weighted by Crippen LogP contribution is 2.33. The van der Waals surface area contributed by atoms with Crippen molar-refractivity contribution in [3.8, 4) is 22.9 Å². The number of aromatic nitrogens is 2. The number of ether oxygens (including phenoxy) is 2. The van der Waals surface area contributed by atoms with Gasteiger partial charge >= 0.3 is 12.1 Å². The summed E-state index contributed by atoms with van der Waals surface area (Å²) >= 11 is 6.12. The molecule has 0 unspecified atom stereocenters. The summed E-state index contributed by atoms with van der Waals surface area (Å²) in [5.74, 6) is -1.96. The number of sulfonamides is 1. The number of amides is 1. The van der Waals surface area contributed by atoms with E-state index in [1.807, 2.05) is 0 Å². The SMILES string of the molecule is COc1ccc(CNS(=O)(=O)c2cc(NC(=O)Cc3ccccc3Cl)ccc2-c2noc(C(F)(F)F)n2)c(OC)c1. The maximum Gasteiger partial charge on any atom is 0.471 e. The van der Waals surface area contributed by atoms with Crippen molar-refractivity contribution in [2.45, 2.75) is 24.0 Å². The third-order valence-corrected chi connectivity index (χ3v) is 7.53. The molecule has 0 atom stereocenters. The van der Waals surface area contributed by atoms with Crippen molar-refractivity contribution in [3.63, 3.8) is 0 Å². The van der Waals surface area contributed by atoms with E-state index < -0.39 is 38.7 Å². The first-order valence-electron chi connectivity index (χ1n) is 11.7. The number of nitrogens with one attached hydrogen (secondary N) is 2. The van der Waals surface area contributed by atoms with Gasteiger partial charge in [0, 0.05) is 34.4 Å². The number of methoxy groups -OCH3 is 2. The van der Waals surface area contributed by atoms with Crippen molar-refractivity contribution < 1.29 is 40.4 Å². The molecule has 0 fully saturated rings. The Morgan fingerprint density at radius 1 is 1.02 bits per heavy atom. The lowest BCUT2D eigenvalue weighted by Gasteiger charge is -2.14. The average Bonchev–Trinajstić information content (AvgIpc) is 3.44. The molecule has 216 valence electrons. The standard InChI is InChI=1S/C26H22ClF3N4O6S/c1-38-18-9-7-16(21(13-18)39-2)14-31-41(36,37)22-12-17(32-23(35)11-15-5-3-4-6-20(15)27)8-10-19(22)24-33-25(40-34-24)26(28,29)30/h3-10,12-13,31H,11,14H2,1-2H3,(H,32,35). The average molecular weight is 611 g/mol. The third-order valence-electron chi connectivity index (χ3n) is 5.72. The number of carbonyl (C=O) groups is 1. The molecule has 4 rings (SSSR count). The zero-order valence-corrected chi connectivity index (χ0v) is 23.0. The molecule has 3 aromatic carbocycles. The highest BCUT2D eigenvalue weighted by atomic mass is 35.5. The summed E-state index contributed by atoms with van der Waals surface area (Å²) in [6.07, 6.45) is -5.06. The summed E-state index contributed by atoms with van der Waals surface area (Å²) in [6, 6.07) is 15.0.